The van der Waals surface area contributed by atoms with Crippen LogP contribution >= 0.6 is 15.9 Å². The molecule has 0 aliphatic carbocycles. The monoisotopic (exact) mass is 244 g/mol. The van der Waals surface area contributed by atoms with Crippen molar-refractivity contribution in [3.63, 3.8) is 0 Å². The highest BCUT2D eigenvalue weighted by Gasteiger charge is 2.18. The van der Waals surface area contributed by atoms with Crippen LogP contribution in [0, 0.1) is 0 Å². The van der Waals surface area contributed by atoms with Crippen LogP contribution in [0.4, 0.5) is 0 Å². The fourth-order valence-electron chi connectivity index (χ4n) is 0.973. The molecule has 1 unspecified atom stereocenters. The first-order chi connectivity index (χ1) is 6.03. The molecule has 0 aliphatic rings. The zero-order valence-corrected chi connectivity index (χ0v) is 9.08. The molecule has 1 aromatic rings. The van der Waals surface area contributed by atoms with Gasteiger partial charge in [-0.2, -0.15) is 0 Å². The molecule has 0 aromatic carbocycles. The predicted molar refractivity (Wildman–Crippen MR) is 55.3 cm³/mol. The quantitative estimate of drug-likeness (QED) is 0.838. The maximum atomic E-state index is 9.67. The van der Waals surface area contributed by atoms with Crippen molar-refractivity contribution in [1.29, 1.82) is 0 Å². The topological polar surface area (TPSA) is 59.1 Å². The van der Waals surface area contributed by atoms with Gasteiger partial charge in [0.25, 0.3) is 0 Å². The van der Waals surface area contributed by atoms with Crippen molar-refractivity contribution < 1.29 is 5.11 Å². The molecule has 0 fully saturated rings. The summed E-state index contributed by atoms with van der Waals surface area (Å²) in [4.78, 5) is 4.15. The summed E-state index contributed by atoms with van der Waals surface area (Å²) in [6.07, 6.45) is 2.19. The van der Waals surface area contributed by atoms with Crippen LogP contribution in [0.1, 0.15) is 12.6 Å². The lowest BCUT2D eigenvalue weighted by Crippen LogP contribution is -2.36. The molecule has 0 amide bonds. The van der Waals surface area contributed by atoms with Gasteiger partial charge in [0.2, 0.25) is 0 Å². The number of hydrogen-bond donors (Lipinski definition) is 2. The van der Waals surface area contributed by atoms with Gasteiger partial charge >= 0.3 is 0 Å². The lowest BCUT2D eigenvalue weighted by Gasteiger charge is -2.20. The minimum absolute atomic E-state index is 0.241. The minimum Gasteiger partial charge on any atom is -0.388 e. The normalized spacial score (nSPS) is 15.4. The summed E-state index contributed by atoms with van der Waals surface area (Å²) < 4.78 is 0.934. The number of rotatable bonds is 3. The Morgan fingerprint density at radius 3 is 2.77 bits per heavy atom. The molecule has 72 valence electrons. The number of pyridine rings is 1. The fraction of sp³-hybridized carbons (Fsp3) is 0.444. The molecule has 0 saturated carbocycles. The number of aliphatic hydroxyl groups is 1. The Labute approximate surface area is 86.1 Å². The number of halogens is 1. The number of nitrogens with zero attached hydrogens (tertiary/aromatic N) is 1. The Kier molecular flexibility index (Phi) is 3.41. The van der Waals surface area contributed by atoms with Crippen LogP contribution in [0.3, 0.4) is 0 Å². The Morgan fingerprint density at radius 2 is 2.31 bits per heavy atom. The largest absolute Gasteiger partial charge is 0.388 e. The van der Waals surface area contributed by atoms with Crippen molar-refractivity contribution in [1.82, 2.24) is 4.98 Å². The Balaban J connectivity index is 2.69. The molecule has 1 aromatic heterocycles. The molecule has 3 nitrogen and oxygen atoms in total. The van der Waals surface area contributed by atoms with Crippen LogP contribution in [0.25, 0.3) is 0 Å². The lowest BCUT2D eigenvalue weighted by molar-refractivity contribution is 0.0686. The molecule has 3 N–H and O–H groups in total. The van der Waals surface area contributed by atoms with E-state index in [-0.39, 0.29) is 6.54 Å². The second-order valence-electron chi connectivity index (χ2n) is 3.35. The summed E-state index contributed by atoms with van der Waals surface area (Å²) in [6.45, 7) is 1.95. The standard InChI is InChI=1S/C9H13BrN2O/c1-9(13,6-11)4-8-3-2-7(10)5-12-8/h2-3,5,13H,4,6,11H2,1H3. The van der Waals surface area contributed by atoms with E-state index >= 15 is 0 Å². The molecule has 0 spiro atoms. The van der Waals surface area contributed by atoms with E-state index in [1.807, 2.05) is 12.1 Å². The smallest absolute Gasteiger partial charge is 0.0796 e. The number of aromatic nitrogens is 1. The molecule has 0 aliphatic heterocycles. The van der Waals surface area contributed by atoms with Crippen molar-refractivity contribution in [2.75, 3.05) is 6.54 Å². The summed E-state index contributed by atoms with van der Waals surface area (Å²) in [5, 5.41) is 9.67. The molecule has 1 rings (SSSR count). The third-order valence-electron chi connectivity index (χ3n) is 1.79. The molecule has 0 radical (unpaired) electrons. The van der Waals surface area contributed by atoms with Gasteiger partial charge in [-0.05, 0) is 35.0 Å². The minimum atomic E-state index is -0.860. The van der Waals surface area contributed by atoms with E-state index in [4.69, 9.17) is 5.73 Å². The first-order valence-electron chi connectivity index (χ1n) is 4.06. The predicted octanol–water partition coefficient (Wildman–Crippen LogP) is 1.10. The van der Waals surface area contributed by atoms with E-state index in [2.05, 4.69) is 20.9 Å². The van der Waals surface area contributed by atoms with Crippen LogP contribution in [0.2, 0.25) is 0 Å². The first kappa shape index (κ1) is 10.6. The van der Waals surface area contributed by atoms with Crippen molar-refractivity contribution >= 4 is 15.9 Å². The van der Waals surface area contributed by atoms with Crippen LogP contribution in [0.5, 0.6) is 0 Å². The third-order valence-corrected chi connectivity index (χ3v) is 2.26. The van der Waals surface area contributed by atoms with Crippen LogP contribution < -0.4 is 5.73 Å². The van der Waals surface area contributed by atoms with Gasteiger partial charge in [-0.1, -0.05) is 0 Å². The average Bonchev–Trinajstić information content (AvgIpc) is 2.09. The SMILES string of the molecule is CC(O)(CN)Cc1ccc(Br)cn1. The highest BCUT2D eigenvalue weighted by Crippen LogP contribution is 2.12. The van der Waals surface area contributed by atoms with E-state index in [9.17, 15) is 5.11 Å². The third kappa shape index (κ3) is 3.42. The molecule has 13 heavy (non-hydrogen) atoms. The van der Waals surface area contributed by atoms with Gasteiger partial charge in [-0.25, -0.2) is 0 Å². The van der Waals surface area contributed by atoms with Gasteiger partial charge < -0.3 is 10.8 Å². The van der Waals surface area contributed by atoms with E-state index < -0.39 is 5.60 Å². The highest BCUT2D eigenvalue weighted by atomic mass is 79.9. The fourth-order valence-corrected chi connectivity index (χ4v) is 1.21. The second kappa shape index (κ2) is 4.17. The van der Waals surface area contributed by atoms with Crippen molar-refractivity contribution in [3.8, 4) is 0 Å². The van der Waals surface area contributed by atoms with Crippen molar-refractivity contribution in [3.05, 3.63) is 28.5 Å². The molecule has 1 atom stereocenters. The Morgan fingerprint density at radius 1 is 1.62 bits per heavy atom. The molecule has 4 heteroatoms. The van der Waals surface area contributed by atoms with Gasteiger partial charge in [-0.3, -0.25) is 4.98 Å². The van der Waals surface area contributed by atoms with Gasteiger partial charge in [0.05, 0.1) is 5.60 Å². The van der Waals surface area contributed by atoms with E-state index in [0.717, 1.165) is 10.2 Å². The van der Waals surface area contributed by atoms with Crippen molar-refractivity contribution in [2.24, 2.45) is 5.73 Å². The van der Waals surface area contributed by atoms with Crippen LogP contribution in [-0.4, -0.2) is 22.2 Å². The maximum absolute atomic E-state index is 9.67. The Bertz CT molecular complexity index is 271. The van der Waals surface area contributed by atoms with E-state index in [0.29, 0.717) is 6.42 Å². The summed E-state index contributed by atoms with van der Waals surface area (Å²) in [5.41, 5.74) is 5.38. The van der Waals surface area contributed by atoms with Crippen LogP contribution in [0.15, 0.2) is 22.8 Å². The average molecular weight is 245 g/mol. The summed E-state index contributed by atoms with van der Waals surface area (Å²) in [5.74, 6) is 0. The van der Waals surface area contributed by atoms with Crippen molar-refractivity contribution in [2.45, 2.75) is 18.9 Å². The lowest BCUT2D eigenvalue weighted by atomic mass is 10.0. The number of hydrogen-bond acceptors (Lipinski definition) is 3. The van der Waals surface area contributed by atoms with Crippen LogP contribution in [-0.2, 0) is 6.42 Å². The molecule has 0 bridgehead atoms. The van der Waals surface area contributed by atoms with Gasteiger partial charge in [0.1, 0.15) is 0 Å². The Hall–Kier alpha value is -0.450. The zero-order valence-electron chi connectivity index (χ0n) is 7.50. The molecular formula is C9H13BrN2O. The van der Waals surface area contributed by atoms with E-state index in [1.54, 1.807) is 13.1 Å². The molecule has 0 saturated heterocycles. The molecular weight excluding hydrogens is 232 g/mol. The number of nitrogens with two attached hydrogens (primary N) is 1. The van der Waals surface area contributed by atoms with E-state index in [1.165, 1.54) is 0 Å². The summed E-state index contributed by atoms with van der Waals surface area (Å²) in [7, 11) is 0. The highest BCUT2D eigenvalue weighted by molar-refractivity contribution is 9.10. The summed E-state index contributed by atoms with van der Waals surface area (Å²) >= 11 is 3.29. The van der Waals surface area contributed by atoms with Gasteiger partial charge in [0.15, 0.2) is 0 Å². The summed E-state index contributed by atoms with van der Waals surface area (Å²) in [6, 6.07) is 3.77. The van der Waals surface area contributed by atoms with Gasteiger partial charge in [-0.15, -0.1) is 0 Å². The maximum Gasteiger partial charge on any atom is 0.0796 e. The first-order valence-corrected chi connectivity index (χ1v) is 4.86. The second-order valence-corrected chi connectivity index (χ2v) is 4.26. The zero-order chi connectivity index (χ0) is 9.90. The molecule has 1 heterocycles. The van der Waals surface area contributed by atoms with Gasteiger partial charge in [0, 0.05) is 29.3 Å².